The number of hydrogen-bond donors (Lipinski definition) is 1. The average molecular weight is 375 g/mol. The highest BCUT2D eigenvalue weighted by molar-refractivity contribution is 7.16. The maximum atomic E-state index is 12.1. The summed E-state index contributed by atoms with van der Waals surface area (Å²) in [6.07, 6.45) is 0. The standard InChI is InChI=1S/C18H15ClN2O3S/c1-11(12-3-2-4-14(19)7-12)21-17(22)9-24-18(23)13-5-6-15-16(8-13)25-10-20-15/h2-8,10-11H,9H2,1H3,(H,21,22). The molecule has 2 aromatic carbocycles. The molecule has 128 valence electrons. The quantitative estimate of drug-likeness (QED) is 0.686. The summed E-state index contributed by atoms with van der Waals surface area (Å²) < 4.78 is 5.98. The third kappa shape index (κ3) is 4.35. The number of rotatable bonds is 5. The van der Waals surface area contributed by atoms with Gasteiger partial charge in [0.05, 0.1) is 27.3 Å². The van der Waals surface area contributed by atoms with Crippen molar-refractivity contribution >= 4 is 45.0 Å². The smallest absolute Gasteiger partial charge is 0.338 e. The summed E-state index contributed by atoms with van der Waals surface area (Å²) in [5, 5.41) is 3.37. The van der Waals surface area contributed by atoms with Crippen molar-refractivity contribution in [2.24, 2.45) is 0 Å². The Morgan fingerprint density at radius 3 is 2.92 bits per heavy atom. The maximum Gasteiger partial charge on any atom is 0.338 e. The summed E-state index contributed by atoms with van der Waals surface area (Å²) >= 11 is 7.39. The lowest BCUT2D eigenvalue weighted by atomic mass is 10.1. The number of ether oxygens (including phenoxy) is 1. The summed E-state index contributed by atoms with van der Waals surface area (Å²) in [5.74, 6) is -0.916. The first-order valence-electron chi connectivity index (χ1n) is 7.58. The zero-order valence-electron chi connectivity index (χ0n) is 13.4. The zero-order chi connectivity index (χ0) is 17.8. The second kappa shape index (κ2) is 7.63. The van der Waals surface area contributed by atoms with Crippen molar-refractivity contribution < 1.29 is 14.3 Å². The number of carbonyl (C=O) groups excluding carboxylic acids is 2. The number of hydrogen-bond acceptors (Lipinski definition) is 5. The minimum atomic E-state index is -0.541. The Balaban J connectivity index is 1.55. The van der Waals surface area contributed by atoms with Gasteiger partial charge in [-0.2, -0.15) is 0 Å². The predicted molar refractivity (Wildman–Crippen MR) is 97.9 cm³/mol. The Hall–Kier alpha value is -2.44. The number of amides is 1. The van der Waals surface area contributed by atoms with E-state index in [-0.39, 0.29) is 18.6 Å². The van der Waals surface area contributed by atoms with E-state index in [4.69, 9.17) is 16.3 Å². The largest absolute Gasteiger partial charge is 0.452 e. The van der Waals surface area contributed by atoms with Crippen LogP contribution in [0.15, 0.2) is 48.0 Å². The van der Waals surface area contributed by atoms with Crippen LogP contribution in [0, 0.1) is 0 Å². The van der Waals surface area contributed by atoms with Crippen molar-refractivity contribution in [3.63, 3.8) is 0 Å². The SMILES string of the molecule is CC(NC(=O)COC(=O)c1ccc2ncsc2c1)c1cccc(Cl)c1. The van der Waals surface area contributed by atoms with E-state index in [2.05, 4.69) is 10.3 Å². The molecule has 0 saturated carbocycles. The van der Waals surface area contributed by atoms with Gasteiger partial charge in [0.25, 0.3) is 5.91 Å². The Kier molecular flexibility index (Phi) is 5.31. The van der Waals surface area contributed by atoms with Gasteiger partial charge in [0.1, 0.15) is 0 Å². The van der Waals surface area contributed by atoms with E-state index in [0.717, 1.165) is 15.8 Å². The second-order valence-electron chi connectivity index (χ2n) is 5.46. The van der Waals surface area contributed by atoms with E-state index in [1.807, 2.05) is 19.1 Å². The van der Waals surface area contributed by atoms with Crippen molar-refractivity contribution in [3.05, 3.63) is 64.1 Å². The third-order valence-corrected chi connectivity index (χ3v) is 4.65. The van der Waals surface area contributed by atoms with Gasteiger partial charge >= 0.3 is 5.97 Å². The van der Waals surface area contributed by atoms with Crippen LogP contribution < -0.4 is 5.32 Å². The molecule has 0 fully saturated rings. The number of benzene rings is 2. The molecule has 0 saturated heterocycles. The van der Waals surface area contributed by atoms with Gasteiger partial charge in [-0.05, 0) is 42.8 Å². The fourth-order valence-electron chi connectivity index (χ4n) is 2.34. The minimum absolute atomic E-state index is 0.238. The van der Waals surface area contributed by atoms with Crippen molar-refractivity contribution in [1.29, 1.82) is 0 Å². The summed E-state index contributed by atoms with van der Waals surface area (Å²) in [6.45, 7) is 1.49. The van der Waals surface area contributed by atoms with Crippen LogP contribution in [0.4, 0.5) is 0 Å². The van der Waals surface area contributed by atoms with E-state index in [1.54, 1.807) is 35.8 Å². The van der Waals surface area contributed by atoms with Crippen LogP contribution >= 0.6 is 22.9 Å². The van der Waals surface area contributed by atoms with Crippen LogP contribution in [-0.2, 0) is 9.53 Å². The zero-order valence-corrected chi connectivity index (χ0v) is 14.9. The molecule has 0 aliphatic carbocycles. The number of carbonyl (C=O) groups is 2. The van der Waals surface area contributed by atoms with E-state index in [1.165, 1.54) is 11.3 Å². The lowest BCUT2D eigenvalue weighted by molar-refractivity contribution is -0.124. The molecule has 3 rings (SSSR count). The van der Waals surface area contributed by atoms with E-state index >= 15 is 0 Å². The van der Waals surface area contributed by atoms with Crippen molar-refractivity contribution in [3.8, 4) is 0 Å². The molecule has 0 aliphatic rings. The fourth-order valence-corrected chi connectivity index (χ4v) is 3.25. The lowest BCUT2D eigenvalue weighted by Crippen LogP contribution is -2.31. The Morgan fingerprint density at radius 1 is 1.28 bits per heavy atom. The first kappa shape index (κ1) is 17.4. The summed E-state index contributed by atoms with van der Waals surface area (Å²) in [4.78, 5) is 28.2. The van der Waals surface area contributed by atoms with Gasteiger partial charge in [-0.3, -0.25) is 4.79 Å². The van der Waals surface area contributed by atoms with Gasteiger partial charge in [-0.15, -0.1) is 11.3 Å². The van der Waals surface area contributed by atoms with Crippen molar-refractivity contribution in [2.75, 3.05) is 6.61 Å². The van der Waals surface area contributed by atoms with Gasteiger partial charge in [-0.25, -0.2) is 9.78 Å². The topological polar surface area (TPSA) is 68.3 Å². The van der Waals surface area contributed by atoms with Crippen molar-refractivity contribution in [2.45, 2.75) is 13.0 Å². The fraction of sp³-hybridized carbons (Fsp3) is 0.167. The second-order valence-corrected chi connectivity index (χ2v) is 6.78. The molecular weight excluding hydrogens is 360 g/mol. The maximum absolute atomic E-state index is 12.1. The van der Waals surface area contributed by atoms with Gasteiger partial charge in [0.15, 0.2) is 6.61 Å². The molecular formula is C18H15ClN2O3S. The van der Waals surface area contributed by atoms with Crippen LogP contribution in [0.5, 0.6) is 0 Å². The predicted octanol–water partition coefficient (Wildman–Crippen LogP) is 3.98. The summed E-state index contributed by atoms with van der Waals surface area (Å²) in [5.41, 5.74) is 3.81. The van der Waals surface area contributed by atoms with E-state index in [0.29, 0.717) is 10.6 Å². The van der Waals surface area contributed by atoms with Crippen LogP contribution in [0.25, 0.3) is 10.2 Å². The minimum Gasteiger partial charge on any atom is -0.452 e. The molecule has 1 N–H and O–H groups in total. The Bertz CT molecular complexity index is 925. The molecule has 0 spiro atoms. The van der Waals surface area contributed by atoms with Crippen molar-refractivity contribution in [1.82, 2.24) is 10.3 Å². The molecule has 3 aromatic rings. The molecule has 0 radical (unpaired) electrons. The summed E-state index contributed by atoms with van der Waals surface area (Å²) in [7, 11) is 0. The molecule has 0 aliphatic heterocycles. The number of nitrogens with zero attached hydrogens (tertiary/aromatic N) is 1. The first-order chi connectivity index (χ1) is 12.0. The highest BCUT2D eigenvalue weighted by atomic mass is 35.5. The molecule has 1 amide bonds. The molecule has 1 unspecified atom stereocenters. The molecule has 1 heterocycles. The molecule has 5 nitrogen and oxygen atoms in total. The molecule has 1 aromatic heterocycles. The third-order valence-electron chi connectivity index (χ3n) is 3.63. The lowest BCUT2D eigenvalue weighted by Gasteiger charge is -2.14. The normalized spacial score (nSPS) is 11.9. The highest BCUT2D eigenvalue weighted by Crippen LogP contribution is 2.20. The molecule has 0 bridgehead atoms. The number of nitrogens with one attached hydrogen (secondary N) is 1. The van der Waals surface area contributed by atoms with Crippen LogP contribution in [0.1, 0.15) is 28.9 Å². The number of esters is 1. The first-order valence-corrected chi connectivity index (χ1v) is 8.84. The average Bonchev–Trinajstić information content (AvgIpc) is 3.07. The van der Waals surface area contributed by atoms with Gasteiger partial charge in [0, 0.05) is 5.02 Å². The van der Waals surface area contributed by atoms with Gasteiger partial charge in [-0.1, -0.05) is 23.7 Å². The highest BCUT2D eigenvalue weighted by Gasteiger charge is 2.14. The Morgan fingerprint density at radius 2 is 2.12 bits per heavy atom. The van der Waals surface area contributed by atoms with E-state index < -0.39 is 5.97 Å². The van der Waals surface area contributed by atoms with Gasteiger partial charge in [0.2, 0.25) is 0 Å². The van der Waals surface area contributed by atoms with Crippen LogP contribution in [0.2, 0.25) is 5.02 Å². The Labute approximate surface area is 153 Å². The molecule has 1 atom stereocenters. The molecule has 25 heavy (non-hydrogen) atoms. The van der Waals surface area contributed by atoms with E-state index in [9.17, 15) is 9.59 Å². The van der Waals surface area contributed by atoms with Gasteiger partial charge < -0.3 is 10.1 Å². The summed E-state index contributed by atoms with van der Waals surface area (Å²) in [6, 6.07) is 12.1. The molecule has 7 heteroatoms. The van der Waals surface area contributed by atoms with Crippen LogP contribution in [0.3, 0.4) is 0 Å². The number of aromatic nitrogens is 1. The number of halogens is 1. The number of thiazole rings is 1. The number of fused-ring (bicyclic) bond motifs is 1. The monoisotopic (exact) mass is 374 g/mol. The van der Waals surface area contributed by atoms with Crippen LogP contribution in [-0.4, -0.2) is 23.5 Å².